The molecule has 0 amide bonds. The van der Waals surface area contributed by atoms with Gasteiger partial charge in [-0.2, -0.15) is 0 Å². The second-order valence-corrected chi connectivity index (χ2v) is 4.27. The zero-order chi connectivity index (χ0) is 11.9. The van der Waals surface area contributed by atoms with Crippen LogP contribution in [0.1, 0.15) is 5.56 Å². The van der Waals surface area contributed by atoms with Gasteiger partial charge in [-0.25, -0.2) is 0 Å². The first-order valence-corrected chi connectivity index (χ1v) is 5.48. The molecule has 0 spiro atoms. The highest BCUT2D eigenvalue weighted by atomic mass is 15.4. The lowest BCUT2D eigenvalue weighted by atomic mass is 9.85. The summed E-state index contributed by atoms with van der Waals surface area (Å²) in [7, 11) is 0. The van der Waals surface area contributed by atoms with Crippen LogP contribution in [0.4, 0.5) is 0 Å². The van der Waals surface area contributed by atoms with Crippen LogP contribution in [0.25, 0.3) is 0 Å². The van der Waals surface area contributed by atoms with Crippen LogP contribution in [0, 0.1) is 0 Å². The Labute approximate surface area is 99.7 Å². The number of benzene rings is 1. The van der Waals surface area contributed by atoms with Crippen molar-refractivity contribution < 1.29 is 0 Å². The summed E-state index contributed by atoms with van der Waals surface area (Å²) >= 11 is 0. The van der Waals surface area contributed by atoms with E-state index in [4.69, 9.17) is 11.5 Å². The van der Waals surface area contributed by atoms with Gasteiger partial charge in [-0.3, -0.25) is 10.9 Å². The highest BCUT2D eigenvalue weighted by molar-refractivity contribution is 5.53. The van der Waals surface area contributed by atoms with Gasteiger partial charge in [-0.1, -0.05) is 42.5 Å². The Morgan fingerprint density at radius 3 is 2.59 bits per heavy atom. The molecule has 4 heteroatoms. The number of hydrogen-bond donors (Lipinski definition) is 4. The van der Waals surface area contributed by atoms with Crippen LogP contribution < -0.4 is 22.3 Å². The lowest BCUT2D eigenvalue weighted by Crippen LogP contribution is -2.35. The van der Waals surface area contributed by atoms with Crippen molar-refractivity contribution >= 4 is 0 Å². The fourth-order valence-electron chi connectivity index (χ4n) is 2.12. The van der Waals surface area contributed by atoms with E-state index in [1.165, 1.54) is 0 Å². The summed E-state index contributed by atoms with van der Waals surface area (Å²) in [4.78, 5) is 0. The SMILES string of the molecule is NC1=C2C=CC(N)(c3ccccc3)C=C2NN1. The Bertz CT molecular complexity index is 542. The molecule has 17 heavy (non-hydrogen) atoms. The Balaban J connectivity index is 2.06. The molecule has 1 aromatic carbocycles. The van der Waals surface area contributed by atoms with Gasteiger partial charge in [0.2, 0.25) is 0 Å². The molecule has 0 saturated heterocycles. The van der Waals surface area contributed by atoms with Gasteiger partial charge < -0.3 is 11.5 Å². The molecule has 0 aromatic heterocycles. The van der Waals surface area contributed by atoms with Crippen LogP contribution >= 0.6 is 0 Å². The smallest absolute Gasteiger partial charge is 0.124 e. The van der Waals surface area contributed by atoms with Crippen molar-refractivity contribution in [1.29, 1.82) is 0 Å². The Morgan fingerprint density at radius 1 is 1.06 bits per heavy atom. The molecule has 1 atom stereocenters. The van der Waals surface area contributed by atoms with E-state index >= 15 is 0 Å². The summed E-state index contributed by atoms with van der Waals surface area (Å²) < 4.78 is 0. The lowest BCUT2D eigenvalue weighted by Gasteiger charge is -2.26. The van der Waals surface area contributed by atoms with Crippen LogP contribution in [0.3, 0.4) is 0 Å². The fourth-order valence-corrected chi connectivity index (χ4v) is 2.12. The van der Waals surface area contributed by atoms with Crippen LogP contribution in [0.15, 0.2) is 65.7 Å². The summed E-state index contributed by atoms with van der Waals surface area (Å²) in [6.07, 6.45) is 5.89. The molecular formula is C13H14N4. The molecule has 3 rings (SSSR count). The summed E-state index contributed by atoms with van der Waals surface area (Å²) in [5.74, 6) is 0.627. The Hall–Kier alpha value is -2.20. The second kappa shape index (κ2) is 3.40. The summed E-state index contributed by atoms with van der Waals surface area (Å²) in [6.45, 7) is 0. The minimum atomic E-state index is -0.584. The van der Waals surface area contributed by atoms with Crippen LogP contribution in [0.2, 0.25) is 0 Å². The number of rotatable bonds is 1. The van der Waals surface area contributed by atoms with E-state index in [-0.39, 0.29) is 0 Å². The third-order valence-electron chi connectivity index (χ3n) is 3.09. The van der Waals surface area contributed by atoms with Crippen molar-refractivity contribution in [3.05, 3.63) is 71.2 Å². The van der Waals surface area contributed by atoms with E-state index in [9.17, 15) is 0 Å². The molecule has 6 N–H and O–H groups in total. The van der Waals surface area contributed by atoms with Crippen molar-refractivity contribution in [3.8, 4) is 0 Å². The number of allylic oxidation sites excluding steroid dienone is 1. The average molecular weight is 226 g/mol. The van der Waals surface area contributed by atoms with Crippen molar-refractivity contribution in [3.63, 3.8) is 0 Å². The van der Waals surface area contributed by atoms with Gasteiger partial charge in [0.1, 0.15) is 5.82 Å². The lowest BCUT2D eigenvalue weighted by molar-refractivity contribution is 0.675. The predicted octanol–water partition coefficient (Wildman–Crippen LogP) is 0.572. The van der Waals surface area contributed by atoms with E-state index < -0.39 is 5.54 Å². The van der Waals surface area contributed by atoms with E-state index in [1.54, 1.807) is 0 Å². The average Bonchev–Trinajstić information content (AvgIpc) is 2.71. The third kappa shape index (κ3) is 1.50. The summed E-state index contributed by atoms with van der Waals surface area (Å²) in [5.41, 5.74) is 20.4. The van der Waals surface area contributed by atoms with E-state index in [0.717, 1.165) is 16.8 Å². The first-order chi connectivity index (χ1) is 8.19. The maximum atomic E-state index is 6.39. The van der Waals surface area contributed by atoms with Crippen molar-refractivity contribution in [2.75, 3.05) is 0 Å². The zero-order valence-corrected chi connectivity index (χ0v) is 9.27. The van der Waals surface area contributed by atoms with Gasteiger partial charge >= 0.3 is 0 Å². The van der Waals surface area contributed by atoms with Gasteiger partial charge in [0, 0.05) is 5.57 Å². The second-order valence-electron chi connectivity index (χ2n) is 4.27. The van der Waals surface area contributed by atoms with Gasteiger partial charge in [0.15, 0.2) is 0 Å². The molecule has 1 heterocycles. The van der Waals surface area contributed by atoms with Gasteiger partial charge in [0.25, 0.3) is 0 Å². The van der Waals surface area contributed by atoms with Crippen molar-refractivity contribution in [2.24, 2.45) is 11.5 Å². The molecule has 1 aliphatic heterocycles. The molecule has 2 aliphatic rings. The Kier molecular flexibility index (Phi) is 2.00. The molecule has 1 aliphatic carbocycles. The minimum Gasteiger partial charge on any atom is -0.384 e. The topological polar surface area (TPSA) is 76.1 Å². The van der Waals surface area contributed by atoms with E-state index in [1.807, 2.05) is 48.6 Å². The van der Waals surface area contributed by atoms with Gasteiger partial charge in [-0.05, 0) is 11.6 Å². The highest BCUT2D eigenvalue weighted by Gasteiger charge is 2.29. The molecule has 0 saturated carbocycles. The Morgan fingerprint density at radius 2 is 1.82 bits per heavy atom. The third-order valence-corrected chi connectivity index (χ3v) is 3.09. The normalized spacial score (nSPS) is 26.1. The minimum absolute atomic E-state index is 0.584. The molecule has 86 valence electrons. The molecular weight excluding hydrogens is 212 g/mol. The molecule has 4 nitrogen and oxygen atoms in total. The van der Waals surface area contributed by atoms with Crippen molar-refractivity contribution in [1.82, 2.24) is 10.9 Å². The summed E-state index contributed by atoms with van der Waals surface area (Å²) in [6, 6.07) is 9.97. The summed E-state index contributed by atoms with van der Waals surface area (Å²) in [5, 5.41) is 0. The highest BCUT2D eigenvalue weighted by Crippen LogP contribution is 2.31. The van der Waals surface area contributed by atoms with E-state index in [2.05, 4.69) is 10.9 Å². The molecule has 0 fully saturated rings. The van der Waals surface area contributed by atoms with Crippen molar-refractivity contribution in [2.45, 2.75) is 5.54 Å². The van der Waals surface area contributed by atoms with Gasteiger partial charge in [-0.15, -0.1) is 0 Å². The van der Waals surface area contributed by atoms with Crippen LogP contribution in [-0.2, 0) is 5.54 Å². The molecule has 1 unspecified atom stereocenters. The van der Waals surface area contributed by atoms with Gasteiger partial charge in [0.05, 0.1) is 11.2 Å². The molecule has 1 aromatic rings. The van der Waals surface area contributed by atoms with Crippen LogP contribution in [-0.4, -0.2) is 0 Å². The largest absolute Gasteiger partial charge is 0.384 e. The zero-order valence-electron chi connectivity index (χ0n) is 9.27. The number of fused-ring (bicyclic) bond motifs is 1. The fraction of sp³-hybridized carbons (Fsp3) is 0.0769. The quantitative estimate of drug-likeness (QED) is 0.565. The number of nitrogens with two attached hydrogens (primary N) is 2. The van der Waals surface area contributed by atoms with E-state index in [0.29, 0.717) is 5.82 Å². The predicted molar refractivity (Wildman–Crippen MR) is 67.0 cm³/mol. The number of nitrogens with one attached hydrogen (secondary N) is 2. The van der Waals surface area contributed by atoms with Crippen LogP contribution in [0.5, 0.6) is 0 Å². The number of hydrogen-bond acceptors (Lipinski definition) is 4. The number of hydrazine groups is 1. The maximum Gasteiger partial charge on any atom is 0.124 e. The molecule has 0 bridgehead atoms. The first kappa shape index (κ1) is 9.99. The maximum absolute atomic E-state index is 6.39. The first-order valence-electron chi connectivity index (χ1n) is 5.48. The standard InChI is InChI=1S/C13H14N4/c14-12-10-6-7-13(15,8-11(10)16-17-12)9-4-2-1-3-5-9/h1-8,16-17H,14-15H2. The monoisotopic (exact) mass is 226 g/mol. The molecule has 0 radical (unpaired) electrons.